The summed E-state index contributed by atoms with van der Waals surface area (Å²) in [6.07, 6.45) is 14.8. The van der Waals surface area contributed by atoms with Gasteiger partial charge in [-0.2, -0.15) is 0 Å². The van der Waals surface area contributed by atoms with Gasteiger partial charge in [-0.15, -0.1) is 17.2 Å². The van der Waals surface area contributed by atoms with Gasteiger partial charge in [-0.1, -0.05) is 103 Å². The third kappa shape index (κ3) is 22.0. The standard InChI is InChI=1S/C20H36NP.C19H28NP.C4H9NO.C3H6O.C2H6/c1-7-18-12-15(2)8-11-19(18)13-20(5,6)14-22-17(4)10-9-16(3)21;1-14-7-8-16-11-19(3,13-21-4)12-18(17(16)10-14)20-9-5-6-15(20)2;5-3-1-2-4-6;1-3(2)4;1-2/h8,11-12,16-17,22H,7,9-10,13-14,21H2,1-6H3;7-8,10,18,21H,2,5-6,9,11-13H2,1,3-4H3;4H,1-3,5H2;1-2H3;1-2H3. The minimum absolute atomic E-state index is 0.167. The Hall–Kier alpha value is -1.90. The number of hydrogen-bond donors (Lipinski definition) is 2. The highest BCUT2D eigenvalue weighted by atomic mass is 31.1. The molecule has 55 heavy (non-hydrogen) atoms. The molecule has 1 saturated heterocycles. The van der Waals surface area contributed by atoms with Crippen LogP contribution in [0.4, 0.5) is 0 Å². The highest BCUT2D eigenvalue weighted by Gasteiger charge is 2.39. The van der Waals surface area contributed by atoms with Crippen LogP contribution in [0, 0.1) is 24.7 Å². The van der Waals surface area contributed by atoms with Gasteiger partial charge in [0, 0.05) is 24.7 Å². The Morgan fingerprint density at radius 1 is 1.07 bits per heavy atom. The van der Waals surface area contributed by atoms with Crippen LogP contribution < -0.4 is 11.5 Å². The van der Waals surface area contributed by atoms with Crippen LogP contribution in [-0.2, 0) is 28.9 Å². The van der Waals surface area contributed by atoms with Gasteiger partial charge in [0.25, 0.3) is 0 Å². The molecule has 1 heterocycles. The molecular weight excluding hydrogens is 712 g/mol. The lowest BCUT2D eigenvalue weighted by molar-refractivity contribution is -0.115. The molecule has 2 aromatic carbocycles. The van der Waals surface area contributed by atoms with E-state index < -0.39 is 0 Å². The first-order chi connectivity index (χ1) is 25.9. The maximum atomic E-state index is 9.51. The fourth-order valence-corrected chi connectivity index (χ4v) is 9.89. The number of Topliss-reactive ketones (excluding diaryl/α,β-unsaturated/α-hetero) is 1. The minimum Gasteiger partial charge on any atom is -0.368 e. The molecular formula is C48H85N3O2P2. The number of nitrogens with two attached hydrogens (primary N) is 2. The van der Waals surface area contributed by atoms with E-state index in [4.69, 9.17) is 11.5 Å². The third-order valence-corrected chi connectivity index (χ3v) is 13.5. The van der Waals surface area contributed by atoms with Crippen LogP contribution in [0.25, 0.3) is 0 Å². The van der Waals surface area contributed by atoms with Crippen molar-refractivity contribution >= 4 is 29.2 Å². The summed E-state index contributed by atoms with van der Waals surface area (Å²) in [7, 11) is 2.10. The highest BCUT2D eigenvalue weighted by Crippen LogP contribution is 2.48. The van der Waals surface area contributed by atoms with Gasteiger partial charge in [0.05, 0.1) is 6.04 Å². The van der Waals surface area contributed by atoms with Crippen LogP contribution >= 0.6 is 17.2 Å². The minimum atomic E-state index is 0.167. The van der Waals surface area contributed by atoms with Gasteiger partial charge >= 0.3 is 0 Å². The molecule has 0 saturated carbocycles. The smallest absolute Gasteiger partial charge is 0.126 e. The Bertz CT molecular complexity index is 1390. The molecule has 1 fully saturated rings. The summed E-state index contributed by atoms with van der Waals surface area (Å²) in [6.45, 7) is 34.1. The molecule has 314 valence electrons. The molecule has 0 aromatic heterocycles. The van der Waals surface area contributed by atoms with Gasteiger partial charge in [-0.25, -0.2) is 0 Å². The van der Waals surface area contributed by atoms with E-state index in [1.54, 1.807) is 16.7 Å². The first-order valence-corrected chi connectivity index (χ1v) is 24.3. The summed E-state index contributed by atoms with van der Waals surface area (Å²) in [4.78, 5) is 21.6. The molecule has 2 aliphatic rings. The second kappa shape index (κ2) is 28.5. The second-order valence-corrected chi connectivity index (χ2v) is 19.9. The molecule has 4 N–H and O–H groups in total. The molecule has 1 aliphatic carbocycles. The molecule has 6 atom stereocenters. The molecule has 5 nitrogen and oxygen atoms in total. The van der Waals surface area contributed by atoms with E-state index in [1.807, 2.05) is 13.8 Å². The van der Waals surface area contributed by atoms with Crippen molar-refractivity contribution < 1.29 is 9.59 Å². The lowest BCUT2D eigenvalue weighted by Crippen LogP contribution is -2.37. The Balaban J connectivity index is 0.000000822. The first-order valence-electron chi connectivity index (χ1n) is 21.3. The molecule has 4 rings (SSSR count). The largest absolute Gasteiger partial charge is 0.368 e. The monoisotopic (exact) mass is 798 g/mol. The highest BCUT2D eigenvalue weighted by molar-refractivity contribution is 7.38. The number of fused-ring (bicyclic) bond motifs is 1. The SMILES string of the molecule is C=C1CCCN1C1CC(C)(CPC)Cc2ccc(C)cc21.CC.CC(C)=O.CCc1cc(C)ccc1CC(C)(C)CPC(C)CCC(C)N.NCCCC=O. The maximum absolute atomic E-state index is 9.51. The molecule has 6 unspecified atom stereocenters. The van der Waals surface area contributed by atoms with Crippen molar-refractivity contribution in [2.45, 2.75) is 165 Å². The lowest BCUT2D eigenvalue weighted by atomic mass is 9.71. The number of ketones is 1. The van der Waals surface area contributed by atoms with Crippen LogP contribution in [-0.4, -0.2) is 60.7 Å². The quantitative estimate of drug-likeness (QED) is 0.106. The normalized spacial score (nSPS) is 18.9. The fourth-order valence-electron chi connectivity index (χ4n) is 7.37. The number of hydrogen-bond acceptors (Lipinski definition) is 5. The van der Waals surface area contributed by atoms with Crippen molar-refractivity contribution in [3.63, 3.8) is 0 Å². The molecule has 0 spiro atoms. The predicted octanol–water partition coefficient (Wildman–Crippen LogP) is 11.8. The Kier molecular flexibility index (Phi) is 27.5. The van der Waals surface area contributed by atoms with Crippen LogP contribution in [0.2, 0.25) is 0 Å². The number of allylic oxidation sites excluding steroid dienone is 1. The molecule has 2 aromatic rings. The van der Waals surface area contributed by atoms with Gasteiger partial charge < -0.3 is 26.0 Å². The Morgan fingerprint density at radius 3 is 2.20 bits per heavy atom. The second-order valence-electron chi connectivity index (χ2n) is 17.1. The van der Waals surface area contributed by atoms with Gasteiger partial charge in [-0.3, -0.25) is 0 Å². The van der Waals surface area contributed by atoms with Crippen LogP contribution in [0.5, 0.6) is 0 Å². The summed E-state index contributed by atoms with van der Waals surface area (Å²) in [5.74, 6) is 0.167. The van der Waals surface area contributed by atoms with Crippen LogP contribution in [0.3, 0.4) is 0 Å². The molecule has 0 radical (unpaired) electrons. The predicted molar refractivity (Wildman–Crippen MR) is 250 cm³/mol. The number of likely N-dealkylation sites (tertiary alicyclic amines) is 1. The van der Waals surface area contributed by atoms with Crippen molar-refractivity contribution in [2.24, 2.45) is 22.3 Å². The molecule has 7 heteroatoms. The zero-order valence-electron chi connectivity index (χ0n) is 37.8. The average Bonchev–Trinajstić information content (AvgIpc) is 3.56. The summed E-state index contributed by atoms with van der Waals surface area (Å²) < 4.78 is 0. The first kappa shape index (κ1) is 53.1. The number of unbranched alkanes of at least 4 members (excludes halogenated alkanes) is 1. The number of rotatable bonds is 15. The number of carbonyl (C=O) groups is 2. The van der Waals surface area contributed by atoms with Crippen LogP contribution in [0.15, 0.2) is 48.7 Å². The zero-order chi connectivity index (χ0) is 42.2. The number of benzene rings is 2. The van der Waals surface area contributed by atoms with Crippen molar-refractivity contribution in [3.8, 4) is 0 Å². The van der Waals surface area contributed by atoms with E-state index in [-0.39, 0.29) is 5.78 Å². The topological polar surface area (TPSA) is 89.4 Å². The van der Waals surface area contributed by atoms with Crippen molar-refractivity contribution in [1.82, 2.24) is 4.90 Å². The van der Waals surface area contributed by atoms with E-state index in [0.29, 0.717) is 35.9 Å². The molecule has 0 amide bonds. The average molecular weight is 798 g/mol. The van der Waals surface area contributed by atoms with Crippen molar-refractivity contribution in [2.75, 3.05) is 32.1 Å². The summed E-state index contributed by atoms with van der Waals surface area (Å²) >= 11 is 0. The van der Waals surface area contributed by atoms with Crippen molar-refractivity contribution in [1.29, 1.82) is 0 Å². The van der Waals surface area contributed by atoms with E-state index in [9.17, 15) is 9.59 Å². The molecule has 0 bridgehead atoms. The maximum Gasteiger partial charge on any atom is 0.126 e. The van der Waals surface area contributed by atoms with Gasteiger partial charge in [0.1, 0.15) is 12.1 Å². The van der Waals surface area contributed by atoms with Crippen LogP contribution in [0.1, 0.15) is 154 Å². The van der Waals surface area contributed by atoms with E-state index in [2.05, 4.69) is 110 Å². The van der Waals surface area contributed by atoms with E-state index in [1.165, 1.54) is 93.6 Å². The van der Waals surface area contributed by atoms with Gasteiger partial charge in [0.2, 0.25) is 0 Å². The van der Waals surface area contributed by atoms with E-state index in [0.717, 1.165) is 48.4 Å². The number of carbonyl (C=O) groups excluding carboxylic acids is 2. The third-order valence-electron chi connectivity index (χ3n) is 10.1. The lowest BCUT2D eigenvalue weighted by Gasteiger charge is -2.44. The Labute approximate surface area is 344 Å². The Morgan fingerprint density at radius 2 is 1.69 bits per heavy atom. The van der Waals surface area contributed by atoms with Gasteiger partial charge in [-0.05, 0) is 157 Å². The van der Waals surface area contributed by atoms with E-state index >= 15 is 0 Å². The van der Waals surface area contributed by atoms with Crippen molar-refractivity contribution in [3.05, 3.63) is 82.1 Å². The number of aldehydes is 1. The number of aryl methyl sites for hydroxylation is 3. The summed E-state index contributed by atoms with van der Waals surface area (Å²) in [6, 6.07) is 15.0. The fraction of sp³-hybridized carbons (Fsp3) is 0.667. The summed E-state index contributed by atoms with van der Waals surface area (Å²) in [5.41, 5.74) is 23.0. The molecule has 1 aliphatic heterocycles. The number of nitrogens with zero attached hydrogens (tertiary/aromatic N) is 1. The zero-order valence-corrected chi connectivity index (χ0v) is 39.8. The van der Waals surface area contributed by atoms with Gasteiger partial charge in [0.15, 0.2) is 0 Å². The summed E-state index contributed by atoms with van der Waals surface area (Å²) in [5, 5.41) is 0.